The molecule has 0 aliphatic heterocycles. The summed E-state index contributed by atoms with van der Waals surface area (Å²) in [4.78, 5) is 0. The number of ether oxygens (including phenoxy) is 1. The Morgan fingerprint density at radius 2 is 1.60 bits per heavy atom. The third-order valence-electron chi connectivity index (χ3n) is 4.85. The number of hydrogen-bond donors (Lipinski definition) is 0. The second kappa shape index (κ2) is 8.58. The van der Waals surface area contributed by atoms with Gasteiger partial charge in [0.05, 0.1) is 6.61 Å². The molecule has 0 heterocycles. The molecule has 3 rings (SSSR count). The minimum Gasteiger partial charge on any atom is -0.494 e. The van der Waals surface area contributed by atoms with E-state index in [1.807, 2.05) is 19.1 Å². The Balaban J connectivity index is 1.67. The van der Waals surface area contributed by atoms with E-state index in [4.69, 9.17) is 4.74 Å². The molecule has 0 saturated carbocycles. The maximum Gasteiger partial charge on any atom is 0.119 e. The van der Waals surface area contributed by atoms with Crippen molar-refractivity contribution in [3.8, 4) is 28.7 Å². The molecule has 25 heavy (non-hydrogen) atoms. The van der Waals surface area contributed by atoms with Gasteiger partial charge in [0.25, 0.3) is 0 Å². The van der Waals surface area contributed by atoms with Crippen LogP contribution in [0, 0.1) is 17.8 Å². The van der Waals surface area contributed by atoms with E-state index in [1.165, 1.54) is 36.0 Å². The second-order valence-electron chi connectivity index (χ2n) is 6.56. The number of hydrogen-bond acceptors (Lipinski definition) is 1. The second-order valence-corrected chi connectivity index (χ2v) is 6.56. The summed E-state index contributed by atoms with van der Waals surface area (Å²) in [5.41, 5.74) is 4.79. The molecule has 0 bridgehead atoms. The molecule has 0 amide bonds. The van der Waals surface area contributed by atoms with E-state index < -0.39 is 0 Å². The van der Waals surface area contributed by atoms with E-state index in [-0.39, 0.29) is 0 Å². The van der Waals surface area contributed by atoms with Gasteiger partial charge >= 0.3 is 0 Å². The minimum atomic E-state index is 0.697. The van der Waals surface area contributed by atoms with Gasteiger partial charge in [0.2, 0.25) is 0 Å². The SMILES string of the molecule is CCOc1ccc(-c2ccc(C#CC3=CCC(CC)CC3)cc2)cc1. The van der Waals surface area contributed by atoms with Crippen LogP contribution in [0.15, 0.2) is 60.2 Å². The number of rotatable bonds is 4. The minimum absolute atomic E-state index is 0.697. The molecule has 1 heteroatoms. The fraction of sp³-hybridized carbons (Fsp3) is 0.333. The van der Waals surface area contributed by atoms with Gasteiger partial charge in [-0.15, -0.1) is 0 Å². The van der Waals surface area contributed by atoms with E-state index in [2.05, 4.69) is 61.2 Å². The molecule has 1 unspecified atom stereocenters. The predicted molar refractivity (Wildman–Crippen MR) is 106 cm³/mol. The third-order valence-corrected chi connectivity index (χ3v) is 4.85. The Bertz CT molecular complexity index is 770. The van der Waals surface area contributed by atoms with Crippen molar-refractivity contribution >= 4 is 0 Å². The van der Waals surface area contributed by atoms with Crippen LogP contribution in [0.25, 0.3) is 11.1 Å². The van der Waals surface area contributed by atoms with Crippen molar-refractivity contribution < 1.29 is 4.74 Å². The molecule has 0 N–H and O–H groups in total. The Labute approximate surface area is 151 Å². The van der Waals surface area contributed by atoms with Crippen LogP contribution in [0.3, 0.4) is 0 Å². The first-order chi connectivity index (χ1) is 12.3. The van der Waals surface area contributed by atoms with Crippen LogP contribution in [0.1, 0.15) is 45.1 Å². The third kappa shape index (κ3) is 4.77. The lowest BCUT2D eigenvalue weighted by molar-refractivity contribution is 0.340. The van der Waals surface area contributed by atoms with Gasteiger partial charge in [-0.2, -0.15) is 0 Å². The first-order valence-electron chi connectivity index (χ1n) is 9.32. The highest BCUT2D eigenvalue weighted by atomic mass is 16.5. The highest BCUT2D eigenvalue weighted by Crippen LogP contribution is 2.25. The zero-order valence-corrected chi connectivity index (χ0v) is 15.2. The molecular formula is C24H26O. The summed E-state index contributed by atoms with van der Waals surface area (Å²) in [6, 6.07) is 16.7. The zero-order chi connectivity index (χ0) is 17.5. The Hall–Kier alpha value is -2.46. The van der Waals surface area contributed by atoms with E-state index in [1.54, 1.807) is 0 Å². The Kier molecular flexibility index (Phi) is 5.96. The topological polar surface area (TPSA) is 9.23 Å². The van der Waals surface area contributed by atoms with Crippen LogP contribution in [0.4, 0.5) is 0 Å². The number of allylic oxidation sites excluding steroid dienone is 2. The van der Waals surface area contributed by atoms with Gasteiger partial charge < -0.3 is 4.74 Å². The van der Waals surface area contributed by atoms with Crippen LogP contribution in [0.2, 0.25) is 0 Å². The fourth-order valence-electron chi connectivity index (χ4n) is 3.18. The van der Waals surface area contributed by atoms with Crippen LogP contribution in [0.5, 0.6) is 5.75 Å². The summed E-state index contributed by atoms with van der Waals surface area (Å²) in [5, 5.41) is 0. The van der Waals surface area contributed by atoms with Crippen LogP contribution in [-0.2, 0) is 0 Å². The average molecular weight is 330 g/mol. The summed E-state index contributed by atoms with van der Waals surface area (Å²) in [7, 11) is 0. The van der Waals surface area contributed by atoms with Gasteiger partial charge in [-0.1, -0.05) is 55.5 Å². The maximum atomic E-state index is 5.50. The van der Waals surface area contributed by atoms with Crippen LogP contribution < -0.4 is 4.74 Å². The number of benzene rings is 2. The molecule has 0 spiro atoms. The zero-order valence-electron chi connectivity index (χ0n) is 15.2. The van der Waals surface area contributed by atoms with Crippen molar-refractivity contribution in [2.75, 3.05) is 6.61 Å². The summed E-state index contributed by atoms with van der Waals surface area (Å²) in [6.45, 7) is 4.97. The van der Waals surface area contributed by atoms with Gasteiger partial charge in [-0.3, -0.25) is 0 Å². The van der Waals surface area contributed by atoms with E-state index in [9.17, 15) is 0 Å². The molecular weight excluding hydrogens is 304 g/mol. The molecule has 2 aromatic rings. The fourth-order valence-corrected chi connectivity index (χ4v) is 3.18. The molecule has 0 saturated heterocycles. The van der Waals surface area contributed by atoms with Crippen molar-refractivity contribution in [1.29, 1.82) is 0 Å². The average Bonchev–Trinajstić information content (AvgIpc) is 2.68. The summed E-state index contributed by atoms with van der Waals surface area (Å²) in [6.07, 6.45) is 7.23. The van der Waals surface area contributed by atoms with Gasteiger partial charge in [0.1, 0.15) is 5.75 Å². The Morgan fingerprint density at radius 3 is 2.16 bits per heavy atom. The lowest BCUT2D eigenvalue weighted by atomic mass is 9.88. The maximum absolute atomic E-state index is 5.50. The molecule has 1 atom stereocenters. The molecule has 0 radical (unpaired) electrons. The van der Waals surface area contributed by atoms with Gasteiger partial charge in [-0.25, -0.2) is 0 Å². The van der Waals surface area contributed by atoms with Crippen LogP contribution >= 0.6 is 0 Å². The van der Waals surface area contributed by atoms with Crippen molar-refractivity contribution in [3.63, 3.8) is 0 Å². The molecule has 1 nitrogen and oxygen atoms in total. The molecule has 0 fully saturated rings. The monoisotopic (exact) mass is 330 g/mol. The first-order valence-corrected chi connectivity index (χ1v) is 9.32. The predicted octanol–water partition coefficient (Wildman–Crippen LogP) is 6.24. The van der Waals surface area contributed by atoms with Crippen LogP contribution in [-0.4, -0.2) is 6.61 Å². The van der Waals surface area contributed by atoms with Crippen molar-refractivity contribution in [2.45, 2.75) is 39.5 Å². The molecule has 0 aromatic heterocycles. The Morgan fingerprint density at radius 1 is 0.920 bits per heavy atom. The van der Waals surface area contributed by atoms with Gasteiger partial charge in [0, 0.05) is 5.56 Å². The molecule has 1 aliphatic carbocycles. The van der Waals surface area contributed by atoms with Gasteiger partial charge in [0.15, 0.2) is 0 Å². The molecule has 1 aliphatic rings. The smallest absolute Gasteiger partial charge is 0.119 e. The quantitative estimate of drug-likeness (QED) is 0.603. The van der Waals surface area contributed by atoms with E-state index in [0.29, 0.717) is 6.61 Å². The molecule has 128 valence electrons. The molecule has 2 aromatic carbocycles. The largest absolute Gasteiger partial charge is 0.494 e. The van der Waals surface area contributed by atoms with E-state index in [0.717, 1.165) is 23.7 Å². The van der Waals surface area contributed by atoms with E-state index >= 15 is 0 Å². The summed E-state index contributed by atoms with van der Waals surface area (Å²) < 4.78 is 5.50. The van der Waals surface area contributed by atoms with Gasteiger partial charge in [-0.05, 0) is 73.1 Å². The van der Waals surface area contributed by atoms with Crippen molar-refractivity contribution in [2.24, 2.45) is 5.92 Å². The summed E-state index contributed by atoms with van der Waals surface area (Å²) >= 11 is 0. The van der Waals surface area contributed by atoms with Crippen molar-refractivity contribution in [1.82, 2.24) is 0 Å². The highest BCUT2D eigenvalue weighted by Gasteiger charge is 2.10. The lowest BCUT2D eigenvalue weighted by Gasteiger charge is -2.17. The highest BCUT2D eigenvalue weighted by molar-refractivity contribution is 5.65. The standard InChI is InChI=1S/C24H26O/c1-3-19-5-7-20(8-6-19)9-10-21-11-13-22(14-12-21)23-15-17-24(18-16-23)25-4-2/h7,11-19H,3-6,8H2,1-2H3. The summed E-state index contributed by atoms with van der Waals surface area (Å²) in [5.74, 6) is 8.45. The lowest BCUT2D eigenvalue weighted by Crippen LogP contribution is -2.03. The normalized spacial score (nSPS) is 16.6. The first kappa shape index (κ1) is 17.4. The van der Waals surface area contributed by atoms with Crippen molar-refractivity contribution in [3.05, 3.63) is 65.7 Å².